The quantitative estimate of drug-likeness (QED) is 0.749. The second-order valence-electron chi connectivity index (χ2n) is 5.12. The molecule has 3 aromatic rings. The van der Waals surface area contributed by atoms with Gasteiger partial charge in [-0.3, -0.25) is 4.79 Å². The molecule has 0 aliphatic rings. The number of thiazole rings is 1. The number of hydrogen-bond donors (Lipinski definition) is 1. The maximum absolute atomic E-state index is 11.7. The molecule has 6 nitrogen and oxygen atoms in total. The van der Waals surface area contributed by atoms with Gasteiger partial charge in [0.1, 0.15) is 0 Å². The van der Waals surface area contributed by atoms with E-state index in [0.29, 0.717) is 36.1 Å². The van der Waals surface area contributed by atoms with Gasteiger partial charge in [0.05, 0.1) is 0 Å². The van der Waals surface area contributed by atoms with Crippen LogP contribution in [0.4, 0.5) is 5.13 Å². The maximum atomic E-state index is 11.7. The average Bonchev–Trinajstić information content (AvgIpc) is 3.20. The number of carbonyl (C=O) groups excluding carboxylic acids is 1. The van der Waals surface area contributed by atoms with Crippen LogP contribution < -0.4 is 5.32 Å². The highest BCUT2D eigenvalue weighted by Crippen LogP contribution is 2.17. The van der Waals surface area contributed by atoms with Crippen LogP contribution in [0.5, 0.6) is 0 Å². The molecule has 0 aliphatic carbocycles. The standard InChI is InChI=1S/C16H16N4O2S/c1-11-5-7-12(8-6-11)15-19-14(22-20-15)4-2-3-13(21)18-16-17-9-10-23-16/h5-10H,2-4H2,1H3,(H,17,18,21). The van der Waals surface area contributed by atoms with Crippen LogP contribution >= 0.6 is 11.3 Å². The van der Waals surface area contributed by atoms with Gasteiger partial charge >= 0.3 is 0 Å². The summed E-state index contributed by atoms with van der Waals surface area (Å²) in [5.41, 5.74) is 2.11. The second kappa shape index (κ2) is 7.15. The number of benzene rings is 1. The number of aryl methyl sites for hydroxylation is 2. The molecule has 0 unspecified atom stereocenters. The first-order valence-corrected chi connectivity index (χ1v) is 8.17. The Labute approximate surface area is 137 Å². The van der Waals surface area contributed by atoms with Crippen molar-refractivity contribution in [2.75, 3.05) is 5.32 Å². The summed E-state index contributed by atoms with van der Waals surface area (Å²) in [6, 6.07) is 7.94. The monoisotopic (exact) mass is 328 g/mol. The Hall–Kier alpha value is -2.54. The van der Waals surface area contributed by atoms with Gasteiger partial charge in [0.15, 0.2) is 5.13 Å². The van der Waals surface area contributed by atoms with Crippen molar-refractivity contribution in [1.82, 2.24) is 15.1 Å². The summed E-state index contributed by atoms with van der Waals surface area (Å²) in [4.78, 5) is 20.1. The number of nitrogens with zero attached hydrogens (tertiary/aromatic N) is 3. The first-order valence-electron chi connectivity index (χ1n) is 7.30. The maximum Gasteiger partial charge on any atom is 0.226 e. The molecule has 3 rings (SSSR count). The average molecular weight is 328 g/mol. The highest BCUT2D eigenvalue weighted by Gasteiger charge is 2.10. The zero-order valence-electron chi connectivity index (χ0n) is 12.7. The highest BCUT2D eigenvalue weighted by molar-refractivity contribution is 7.13. The highest BCUT2D eigenvalue weighted by atomic mass is 32.1. The Morgan fingerprint density at radius 3 is 2.87 bits per heavy atom. The lowest BCUT2D eigenvalue weighted by Crippen LogP contribution is -2.11. The molecule has 118 valence electrons. The summed E-state index contributed by atoms with van der Waals surface area (Å²) in [7, 11) is 0. The molecule has 2 aromatic heterocycles. The summed E-state index contributed by atoms with van der Waals surface area (Å²) >= 11 is 1.40. The Kier molecular flexibility index (Phi) is 4.77. The number of nitrogens with one attached hydrogen (secondary N) is 1. The van der Waals surface area contributed by atoms with E-state index in [-0.39, 0.29) is 5.91 Å². The molecule has 0 atom stereocenters. The summed E-state index contributed by atoms with van der Waals surface area (Å²) in [5.74, 6) is 1.06. The van der Waals surface area contributed by atoms with Gasteiger partial charge in [0.2, 0.25) is 17.6 Å². The topological polar surface area (TPSA) is 80.9 Å². The number of aromatic nitrogens is 3. The molecule has 1 amide bonds. The predicted octanol–water partition coefficient (Wildman–Crippen LogP) is 3.46. The molecule has 2 heterocycles. The molecule has 1 aromatic carbocycles. The number of anilines is 1. The molecule has 0 spiro atoms. The zero-order valence-corrected chi connectivity index (χ0v) is 13.5. The smallest absolute Gasteiger partial charge is 0.226 e. The van der Waals surface area contributed by atoms with Crippen LogP contribution in [0.25, 0.3) is 11.4 Å². The van der Waals surface area contributed by atoms with E-state index < -0.39 is 0 Å². The van der Waals surface area contributed by atoms with Gasteiger partial charge in [-0.2, -0.15) is 4.98 Å². The summed E-state index contributed by atoms with van der Waals surface area (Å²) in [6.07, 6.45) is 3.27. The number of amides is 1. The summed E-state index contributed by atoms with van der Waals surface area (Å²) in [6.45, 7) is 2.03. The molecular formula is C16H16N4O2S. The van der Waals surface area contributed by atoms with E-state index in [1.54, 1.807) is 6.20 Å². The fraction of sp³-hybridized carbons (Fsp3) is 0.250. The van der Waals surface area contributed by atoms with Crippen LogP contribution in [0, 0.1) is 6.92 Å². The minimum Gasteiger partial charge on any atom is -0.339 e. The number of carbonyl (C=O) groups is 1. The predicted molar refractivity (Wildman–Crippen MR) is 88.2 cm³/mol. The summed E-state index contributed by atoms with van der Waals surface area (Å²) in [5, 5.41) is 9.17. The van der Waals surface area contributed by atoms with Crippen LogP contribution in [-0.4, -0.2) is 21.0 Å². The summed E-state index contributed by atoms with van der Waals surface area (Å²) < 4.78 is 5.23. The van der Waals surface area contributed by atoms with Gasteiger partial charge < -0.3 is 9.84 Å². The Morgan fingerprint density at radius 1 is 1.30 bits per heavy atom. The molecule has 7 heteroatoms. The van der Waals surface area contributed by atoms with Crippen LogP contribution in [-0.2, 0) is 11.2 Å². The van der Waals surface area contributed by atoms with Gasteiger partial charge in [-0.15, -0.1) is 11.3 Å². The van der Waals surface area contributed by atoms with Crippen LogP contribution in [0.15, 0.2) is 40.4 Å². The molecule has 0 saturated carbocycles. The van der Waals surface area contributed by atoms with Gasteiger partial charge in [0.25, 0.3) is 0 Å². The molecule has 0 bridgehead atoms. The molecule has 1 N–H and O–H groups in total. The fourth-order valence-electron chi connectivity index (χ4n) is 2.04. The van der Waals surface area contributed by atoms with Crippen molar-refractivity contribution in [3.8, 4) is 11.4 Å². The fourth-order valence-corrected chi connectivity index (χ4v) is 2.59. The Balaban J connectivity index is 1.49. The van der Waals surface area contributed by atoms with E-state index in [9.17, 15) is 4.79 Å². The first-order chi connectivity index (χ1) is 11.2. The molecule has 0 fully saturated rings. The van der Waals surface area contributed by atoms with Crippen molar-refractivity contribution in [3.05, 3.63) is 47.3 Å². The van der Waals surface area contributed by atoms with Crippen LogP contribution in [0.2, 0.25) is 0 Å². The largest absolute Gasteiger partial charge is 0.339 e. The van der Waals surface area contributed by atoms with E-state index in [2.05, 4.69) is 20.4 Å². The van der Waals surface area contributed by atoms with E-state index >= 15 is 0 Å². The molecule has 0 saturated heterocycles. The molecule has 0 aliphatic heterocycles. The van der Waals surface area contributed by atoms with Gasteiger partial charge in [-0.05, 0) is 13.3 Å². The SMILES string of the molecule is Cc1ccc(-c2noc(CCCC(=O)Nc3nccs3)n2)cc1. The lowest BCUT2D eigenvalue weighted by atomic mass is 10.1. The molecule has 0 radical (unpaired) electrons. The van der Waals surface area contributed by atoms with Gasteiger partial charge in [0, 0.05) is 30.0 Å². The Morgan fingerprint density at radius 2 is 2.13 bits per heavy atom. The lowest BCUT2D eigenvalue weighted by Gasteiger charge is -1.99. The Bertz CT molecular complexity index is 766. The van der Waals surface area contributed by atoms with Crippen molar-refractivity contribution in [1.29, 1.82) is 0 Å². The van der Waals surface area contributed by atoms with E-state index in [4.69, 9.17) is 4.52 Å². The third kappa shape index (κ3) is 4.23. The normalized spacial score (nSPS) is 10.7. The second-order valence-corrected chi connectivity index (χ2v) is 6.01. The first kappa shape index (κ1) is 15.4. The minimum absolute atomic E-state index is 0.0572. The number of hydrogen-bond acceptors (Lipinski definition) is 6. The van der Waals surface area contributed by atoms with Gasteiger partial charge in [-0.1, -0.05) is 35.0 Å². The van der Waals surface area contributed by atoms with Crippen molar-refractivity contribution in [2.24, 2.45) is 0 Å². The van der Waals surface area contributed by atoms with Gasteiger partial charge in [-0.25, -0.2) is 4.98 Å². The van der Waals surface area contributed by atoms with Crippen molar-refractivity contribution >= 4 is 22.4 Å². The van der Waals surface area contributed by atoms with Crippen molar-refractivity contribution < 1.29 is 9.32 Å². The van der Waals surface area contributed by atoms with Crippen LogP contribution in [0.3, 0.4) is 0 Å². The number of rotatable bonds is 6. The van der Waals surface area contributed by atoms with E-state index in [0.717, 1.165) is 5.56 Å². The van der Waals surface area contributed by atoms with Crippen molar-refractivity contribution in [2.45, 2.75) is 26.2 Å². The van der Waals surface area contributed by atoms with Crippen LogP contribution in [0.1, 0.15) is 24.3 Å². The van der Waals surface area contributed by atoms with Crippen molar-refractivity contribution in [3.63, 3.8) is 0 Å². The molecular weight excluding hydrogens is 312 g/mol. The van der Waals surface area contributed by atoms with E-state index in [1.807, 2.05) is 36.6 Å². The third-order valence-electron chi connectivity index (χ3n) is 3.25. The van der Waals surface area contributed by atoms with E-state index in [1.165, 1.54) is 16.9 Å². The zero-order chi connectivity index (χ0) is 16.1. The lowest BCUT2D eigenvalue weighted by molar-refractivity contribution is -0.116. The third-order valence-corrected chi connectivity index (χ3v) is 3.94. The minimum atomic E-state index is -0.0572. The molecule has 23 heavy (non-hydrogen) atoms.